The fraction of sp³-hybridized carbons (Fsp3) is 1.00. The Kier molecular flexibility index (Phi) is 10.4. The SMILES string of the molecule is CCCCCN(CCCCC)C(O)CC. The minimum Gasteiger partial charge on any atom is -0.378 e. The van der Waals surface area contributed by atoms with Gasteiger partial charge in [0.1, 0.15) is 6.23 Å². The summed E-state index contributed by atoms with van der Waals surface area (Å²) in [6.45, 7) is 8.62. The average Bonchev–Trinajstić information content (AvgIpc) is 2.26. The molecule has 0 aliphatic rings. The highest BCUT2D eigenvalue weighted by molar-refractivity contribution is 4.61. The Morgan fingerprint density at radius 1 is 0.867 bits per heavy atom. The molecule has 92 valence electrons. The van der Waals surface area contributed by atoms with E-state index in [1.54, 1.807) is 0 Å². The van der Waals surface area contributed by atoms with Crippen LogP contribution in [0.15, 0.2) is 0 Å². The number of hydrogen-bond donors (Lipinski definition) is 1. The highest BCUT2D eigenvalue weighted by Gasteiger charge is 2.12. The van der Waals surface area contributed by atoms with Crippen LogP contribution in [0.4, 0.5) is 0 Å². The van der Waals surface area contributed by atoms with E-state index in [2.05, 4.69) is 25.7 Å². The zero-order valence-corrected chi connectivity index (χ0v) is 10.8. The molecule has 1 atom stereocenters. The van der Waals surface area contributed by atoms with E-state index >= 15 is 0 Å². The predicted octanol–water partition coefficient (Wildman–Crippen LogP) is 3.40. The molecule has 0 heterocycles. The lowest BCUT2D eigenvalue weighted by Gasteiger charge is -2.27. The zero-order valence-electron chi connectivity index (χ0n) is 10.8. The van der Waals surface area contributed by atoms with E-state index in [9.17, 15) is 5.11 Å². The number of rotatable bonds is 10. The summed E-state index contributed by atoms with van der Waals surface area (Å²) in [5, 5.41) is 9.84. The van der Waals surface area contributed by atoms with Crippen molar-refractivity contribution >= 4 is 0 Å². The van der Waals surface area contributed by atoms with E-state index in [1.807, 2.05) is 0 Å². The summed E-state index contributed by atoms with van der Waals surface area (Å²) in [5.74, 6) is 0. The van der Waals surface area contributed by atoms with Crippen molar-refractivity contribution in [1.82, 2.24) is 4.90 Å². The van der Waals surface area contributed by atoms with Gasteiger partial charge >= 0.3 is 0 Å². The first-order valence-electron chi connectivity index (χ1n) is 6.68. The smallest absolute Gasteiger partial charge is 0.107 e. The van der Waals surface area contributed by atoms with E-state index in [4.69, 9.17) is 0 Å². The number of aliphatic hydroxyl groups excluding tert-OH is 1. The van der Waals surface area contributed by atoms with Crippen LogP contribution in [0.5, 0.6) is 0 Å². The molecule has 0 bridgehead atoms. The van der Waals surface area contributed by atoms with Crippen molar-refractivity contribution in [2.45, 2.75) is 71.9 Å². The molecule has 0 aromatic heterocycles. The molecule has 0 amide bonds. The first-order chi connectivity index (χ1) is 7.26. The fourth-order valence-electron chi connectivity index (χ4n) is 1.80. The van der Waals surface area contributed by atoms with E-state index < -0.39 is 0 Å². The molecule has 0 spiro atoms. The van der Waals surface area contributed by atoms with Crippen molar-refractivity contribution in [2.24, 2.45) is 0 Å². The molecule has 0 aromatic carbocycles. The van der Waals surface area contributed by atoms with Gasteiger partial charge in [0, 0.05) is 13.1 Å². The molecule has 15 heavy (non-hydrogen) atoms. The van der Waals surface area contributed by atoms with Crippen LogP contribution in [-0.4, -0.2) is 29.3 Å². The Morgan fingerprint density at radius 2 is 1.33 bits per heavy atom. The number of unbranched alkanes of at least 4 members (excludes halogenated alkanes) is 4. The van der Waals surface area contributed by atoms with Gasteiger partial charge < -0.3 is 5.11 Å². The molecule has 0 radical (unpaired) electrons. The molecule has 1 N–H and O–H groups in total. The summed E-state index contributed by atoms with van der Waals surface area (Å²) in [5.41, 5.74) is 0. The summed E-state index contributed by atoms with van der Waals surface area (Å²) in [7, 11) is 0. The van der Waals surface area contributed by atoms with Crippen LogP contribution in [0.25, 0.3) is 0 Å². The molecular weight excluding hydrogens is 186 g/mol. The summed E-state index contributed by atoms with van der Waals surface area (Å²) >= 11 is 0. The van der Waals surface area contributed by atoms with Gasteiger partial charge in [-0.3, -0.25) is 4.90 Å². The normalized spacial score (nSPS) is 13.4. The van der Waals surface area contributed by atoms with Crippen molar-refractivity contribution < 1.29 is 5.11 Å². The van der Waals surface area contributed by atoms with Gasteiger partial charge in [-0.1, -0.05) is 46.5 Å². The van der Waals surface area contributed by atoms with Crippen LogP contribution in [-0.2, 0) is 0 Å². The first-order valence-corrected chi connectivity index (χ1v) is 6.68. The topological polar surface area (TPSA) is 23.5 Å². The highest BCUT2D eigenvalue weighted by Crippen LogP contribution is 2.07. The average molecular weight is 215 g/mol. The molecule has 0 fully saturated rings. The van der Waals surface area contributed by atoms with E-state index in [0.29, 0.717) is 0 Å². The largest absolute Gasteiger partial charge is 0.378 e. The molecule has 0 saturated heterocycles. The molecule has 2 nitrogen and oxygen atoms in total. The zero-order chi connectivity index (χ0) is 11.5. The van der Waals surface area contributed by atoms with Crippen LogP contribution >= 0.6 is 0 Å². The summed E-state index contributed by atoms with van der Waals surface area (Å²) in [6, 6.07) is 0. The Labute approximate surface area is 95.7 Å². The lowest BCUT2D eigenvalue weighted by atomic mass is 10.2. The second-order valence-corrected chi connectivity index (χ2v) is 4.34. The standard InChI is InChI=1S/C13H29NO/c1-4-7-9-11-14(13(15)6-3)12-10-8-5-2/h13,15H,4-12H2,1-3H3. The van der Waals surface area contributed by atoms with Crippen molar-refractivity contribution in [3.63, 3.8) is 0 Å². The predicted molar refractivity (Wildman–Crippen MR) is 66.9 cm³/mol. The maximum absolute atomic E-state index is 9.84. The molecule has 0 saturated carbocycles. The minimum absolute atomic E-state index is 0.223. The minimum atomic E-state index is -0.223. The van der Waals surface area contributed by atoms with Crippen LogP contribution in [0.1, 0.15) is 65.7 Å². The molecule has 2 heteroatoms. The van der Waals surface area contributed by atoms with Crippen LogP contribution in [0.3, 0.4) is 0 Å². The summed E-state index contributed by atoms with van der Waals surface area (Å²) in [6.07, 6.45) is 8.13. The van der Waals surface area contributed by atoms with E-state index in [-0.39, 0.29) is 6.23 Å². The number of aliphatic hydroxyl groups is 1. The Hall–Kier alpha value is -0.0800. The van der Waals surface area contributed by atoms with Crippen LogP contribution in [0, 0.1) is 0 Å². The third-order valence-corrected chi connectivity index (χ3v) is 2.88. The Bertz CT molecular complexity index is 118. The monoisotopic (exact) mass is 215 g/mol. The molecule has 0 aliphatic carbocycles. The quantitative estimate of drug-likeness (QED) is 0.446. The van der Waals surface area contributed by atoms with Gasteiger partial charge in [-0.05, 0) is 19.3 Å². The van der Waals surface area contributed by atoms with E-state index in [1.165, 1.54) is 38.5 Å². The lowest BCUT2D eigenvalue weighted by molar-refractivity contribution is -0.000870. The molecule has 0 aliphatic heterocycles. The Morgan fingerprint density at radius 3 is 1.67 bits per heavy atom. The van der Waals surface area contributed by atoms with E-state index in [0.717, 1.165) is 19.5 Å². The van der Waals surface area contributed by atoms with Gasteiger partial charge in [0.05, 0.1) is 0 Å². The van der Waals surface area contributed by atoms with Gasteiger partial charge in [-0.2, -0.15) is 0 Å². The summed E-state index contributed by atoms with van der Waals surface area (Å²) in [4.78, 5) is 2.24. The van der Waals surface area contributed by atoms with Gasteiger partial charge in [0.25, 0.3) is 0 Å². The van der Waals surface area contributed by atoms with Crippen molar-refractivity contribution in [1.29, 1.82) is 0 Å². The fourth-order valence-corrected chi connectivity index (χ4v) is 1.80. The van der Waals surface area contributed by atoms with Crippen molar-refractivity contribution in [3.05, 3.63) is 0 Å². The third kappa shape index (κ3) is 7.80. The van der Waals surface area contributed by atoms with Gasteiger partial charge in [-0.25, -0.2) is 0 Å². The lowest BCUT2D eigenvalue weighted by Crippen LogP contribution is -2.36. The van der Waals surface area contributed by atoms with Gasteiger partial charge in [-0.15, -0.1) is 0 Å². The molecule has 0 rings (SSSR count). The second-order valence-electron chi connectivity index (χ2n) is 4.34. The van der Waals surface area contributed by atoms with Crippen molar-refractivity contribution in [2.75, 3.05) is 13.1 Å². The Balaban J connectivity index is 3.73. The third-order valence-electron chi connectivity index (χ3n) is 2.88. The van der Waals surface area contributed by atoms with Crippen molar-refractivity contribution in [3.8, 4) is 0 Å². The molecule has 1 unspecified atom stereocenters. The van der Waals surface area contributed by atoms with Crippen LogP contribution < -0.4 is 0 Å². The summed E-state index contributed by atoms with van der Waals surface area (Å²) < 4.78 is 0. The molecule has 0 aromatic rings. The second kappa shape index (κ2) is 10.4. The first kappa shape index (κ1) is 14.9. The maximum atomic E-state index is 9.84. The number of nitrogens with zero attached hydrogens (tertiary/aromatic N) is 1. The van der Waals surface area contributed by atoms with Gasteiger partial charge in [0.15, 0.2) is 0 Å². The van der Waals surface area contributed by atoms with Crippen LogP contribution in [0.2, 0.25) is 0 Å². The maximum Gasteiger partial charge on any atom is 0.107 e. The highest BCUT2D eigenvalue weighted by atomic mass is 16.3. The molecular formula is C13H29NO. The number of hydrogen-bond acceptors (Lipinski definition) is 2. The van der Waals surface area contributed by atoms with Gasteiger partial charge in [0.2, 0.25) is 0 Å².